The van der Waals surface area contributed by atoms with E-state index < -0.39 is 0 Å². The third-order valence-corrected chi connectivity index (χ3v) is 8.62. The monoisotopic (exact) mass is 584 g/mol. The molecular weight excluding hydrogens is 560 g/mol. The van der Waals surface area contributed by atoms with Crippen LogP contribution in [-0.2, 0) is 0 Å². The van der Waals surface area contributed by atoms with Gasteiger partial charge in [0.25, 0.3) is 0 Å². The van der Waals surface area contributed by atoms with Crippen molar-refractivity contribution >= 4 is 38.0 Å². The van der Waals surface area contributed by atoms with E-state index in [2.05, 4.69) is 130 Å². The summed E-state index contributed by atoms with van der Waals surface area (Å²) in [5.74, 6) is 0. The molecule has 0 saturated carbocycles. The van der Waals surface area contributed by atoms with E-state index in [1.165, 1.54) is 32.3 Å². The lowest BCUT2D eigenvalue weighted by Gasteiger charge is -2.17. The Labute approximate surface area is 266 Å². The van der Waals surface area contributed by atoms with Crippen LogP contribution in [0.15, 0.2) is 146 Å². The predicted molar refractivity (Wildman–Crippen MR) is 187 cm³/mol. The number of benzene rings is 6. The molecule has 2 heterocycles. The summed E-state index contributed by atoms with van der Waals surface area (Å²) >= 11 is 0. The molecule has 2 aromatic heterocycles. The van der Waals surface area contributed by atoms with Crippen LogP contribution in [0.5, 0.6) is 0 Å². The Bertz CT molecular complexity index is 2390. The molecule has 4 nitrogen and oxygen atoms in total. The zero-order chi connectivity index (χ0) is 31.0. The van der Waals surface area contributed by atoms with Crippen molar-refractivity contribution in [2.45, 2.75) is 0 Å². The molecule has 212 valence electrons. The molecule has 0 aliphatic heterocycles. The molecule has 0 aliphatic rings. The molecule has 8 rings (SSSR count). The summed E-state index contributed by atoms with van der Waals surface area (Å²) in [5, 5.41) is 16.5. The zero-order valence-electron chi connectivity index (χ0n) is 24.6. The first-order valence-electron chi connectivity index (χ1n) is 15.0. The molecule has 0 unspecified atom stereocenters. The number of aromatic nitrogens is 2. The fourth-order valence-corrected chi connectivity index (χ4v) is 6.47. The largest absolute Gasteiger partial charge is 0.276 e. The Kier molecular flexibility index (Phi) is 6.53. The summed E-state index contributed by atoms with van der Waals surface area (Å²) in [4.78, 5) is 12.1. The molecule has 0 radical (unpaired) electrons. The maximum atomic E-state index is 9.42. The first kappa shape index (κ1) is 27.0. The van der Waals surface area contributed by atoms with E-state index in [1.807, 2.05) is 18.3 Å². The second-order valence-electron chi connectivity index (χ2n) is 11.3. The maximum Gasteiger partial charge on any atom is 0.205 e. The molecule has 0 spiro atoms. The van der Waals surface area contributed by atoms with Gasteiger partial charge >= 0.3 is 0 Å². The lowest BCUT2D eigenvalue weighted by atomic mass is 9.87. The Morgan fingerprint density at radius 3 is 1.50 bits per heavy atom. The van der Waals surface area contributed by atoms with Gasteiger partial charge in [-0.2, -0.15) is 5.26 Å². The fourth-order valence-electron chi connectivity index (χ4n) is 6.47. The van der Waals surface area contributed by atoms with Gasteiger partial charge in [-0.3, -0.25) is 9.97 Å². The molecule has 0 bridgehead atoms. The Morgan fingerprint density at radius 2 is 0.957 bits per heavy atom. The zero-order valence-corrected chi connectivity index (χ0v) is 24.6. The molecule has 0 fully saturated rings. The summed E-state index contributed by atoms with van der Waals surface area (Å²) in [6, 6.07) is 44.8. The van der Waals surface area contributed by atoms with E-state index in [0.29, 0.717) is 11.3 Å². The van der Waals surface area contributed by atoms with E-state index in [-0.39, 0.29) is 0 Å². The van der Waals surface area contributed by atoms with Gasteiger partial charge in [0.2, 0.25) is 5.69 Å². The predicted octanol–water partition coefficient (Wildman–Crippen LogP) is 11.0. The van der Waals surface area contributed by atoms with Crippen molar-refractivity contribution in [3.8, 4) is 50.6 Å². The van der Waals surface area contributed by atoms with E-state index in [9.17, 15) is 5.26 Å². The van der Waals surface area contributed by atoms with E-state index in [4.69, 9.17) is 6.57 Å². The van der Waals surface area contributed by atoms with Gasteiger partial charge in [0.1, 0.15) is 6.07 Å². The minimum atomic E-state index is 0.527. The number of rotatable bonds is 4. The average molecular weight is 585 g/mol. The van der Waals surface area contributed by atoms with Crippen molar-refractivity contribution in [2.24, 2.45) is 0 Å². The van der Waals surface area contributed by atoms with Crippen molar-refractivity contribution < 1.29 is 0 Å². The molecule has 0 atom stereocenters. The summed E-state index contributed by atoms with van der Waals surface area (Å²) in [5.41, 5.74) is 9.48. The van der Waals surface area contributed by atoms with Crippen molar-refractivity contribution in [1.29, 1.82) is 5.26 Å². The highest BCUT2D eigenvalue weighted by atomic mass is 14.7. The number of pyridine rings is 2. The Hall–Kier alpha value is -6.62. The first-order chi connectivity index (χ1) is 22.7. The average Bonchev–Trinajstić information content (AvgIpc) is 3.14. The Morgan fingerprint density at radius 1 is 0.457 bits per heavy atom. The lowest BCUT2D eigenvalue weighted by molar-refractivity contribution is 1.30. The van der Waals surface area contributed by atoms with Crippen LogP contribution in [0.2, 0.25) is 0 Å². The quantitative estimate of drug-likeness (QED) is 0.153. The Balaban J connectivity index is 1.36. The molecule has 8 aromatic rings. The summed E-state index contributed by atoms with van der Waals surface area (Å²) < 4.78 is 0. The molecule has 46 heavy (non-hydrogen) atoms. The van der Waals surface area contributed by atoms with Crippen LogP contribution in [0.25, 0.3) is 81.7 Å². The second kappa shape index (κ2) is 11.1. The summed E-state index contributed by atoms with van der Waals surface area (Å²) in [6.07, 6.45) is 6.80. The van der Waals surface area contributed by atoms with Gasteiger partial charge in [-0.1, -0.05) is 84.9 Å². The molecule has 0 amide bonds. The van der Waals surface area contributed by atoms with Crippen molar-refractivity contribution in [1.82, 2.24) is 9.97 Å². The highest BCUT2D eigenvalue weighted by Crippen LogP contribution is 2.42. The fraction of sp³-hybridized carbons (Fsp3) is 0. The van der Waals surface area contributed by atoms with E-state index in [0.717, 1.165) is 44.5 Å². The van der Waals surface area contributed by atoms with Crippen molar-refractivity contribution in [3.05, 3.63) is 163 Å². The normalized spacial score (nSPS) is 11.0. The minimum Gasteiger partial charge on any atom is -0.276 e. The van der Waals surface area contributed by atoms with Gasteiger partial charge in [0.05, 0.1) is 12.1 Å². The van der Waals surface area contributed by atoms with Crippen LogP contribution in [0.1, 0.15) is 5.56 Å². The van der Waals surface area contributed by atoms with Gasteiger partial charge in [-0.25, -0.2) is 4.85 Å². The number of fused-ring (bicyclic) bond motifs is 5. The van der Waals surface area contributed by atoms with Crippen LogP contribution in [0.3, 0.4) is 0 Å². The van der Waals surface area contributed by atoms with Gasteiger partial charge < -0.3 is 0 Å². The van der Waals surface area contributed by atoms with Crippen LogP contribution >= 0.6 is 0 Å². The van der Waals surface area contributed by atoms with Crippen molar-refractivity contribution in [2.75, 3.05) is 0 Å². The number of nitrogens with zero attached hydrogens (tertiary/aromatic N) is 4. The van der Waals surface area contributed by atoms with Crippen LogP contribution in [-0.4, -0.2) is 9.97 Å². The lowest BCUT2D eigenvalue weighted by Crippen LogP contribution is -1.90. The molecule has 6 aromatic carbocycles. The highest BCUT2D eigenvalue weighted by molar-refractivity contribution is 6.23. The first-order valence-corrected chi connectivity index (χ1v) is 15.0. The molecule has 0 saturated heterocycles. The van der Waals surface area contributed by atoms with Gasteiger partial charge in [0, 0.05) is 30.4 Å². The SMILES string of the molecule is [C-]#[N+]c1cncc(-c2cccc(-c3cc4c5ccccc5c(-c5cccc(-c6cncc(C#N)c6)c5)cc4c4ccccc34)c2)c1. The highest BCUT2D eigenvalue weighted by Gasteiger charge is 2.15. The van der Waals surface area contributed by atoms with Crippen LogP contribution in [0.4, 0.5) is 5.69 Å². The molecule has 0 aliphatic carbocycles. The standard InChI is InChI=1S/C42H24N4/c1-44-34-19-33(25-46-26-34)29-9-7-11-31(18-29)40-21-42-37-14-4-2-12-35(37)39(20-41(42)38-15-5-3-13-36(38)40)30-10-6-8-28(17-30)32-16-27(22-43)23-45-24-32/h2-21,23-26H. The molecule has 4 heteroatoms. The summed E-state index contributed by atoms with van der Waals surface area (Å²) in [7, 11) is 0. The van der Waals surface area contributed by atoms with Gasteiger partial charge in [0.15, 0.2) is 0 Å². The van der Waals surface area contributed by atoms with Crippen molar-refractivity contribution in [3.63, 3.8) is 0 Å². The van der Waals surface area contributed by atoms with Gasteiger partial charge in [-0.15, -0.1) is 0 Å². The molecule has 0 N–H and O–H groups in total. The minimum absolute atomic E-state index is 0.527. The number of hydrogen-bond donors (Lipinski definition) is 0. The van der Waals surface area contributed by atoms with Crippen LogP contribution < -0.4 is 0 Å². The topological polar surface area (TPSA) is 53.9 Å². The van der Waals surface area contributed by atoms with E-state index in [1.54, 1.807) is 18.6 Å². The number of nitriles is 1. The third-order valence-electron chi connectivity index (χ3n) is 8.62. The maximum absolute atomic E-state index is 9.42. The van der Waals surface area contributed by atoms with E-state index >= 15 is 0 Å². The molecular formula is C42H24N4. The smallest absolute Gasteiger partial charge is 0.205 e. The summed E-state index contributed by atoms with van der Waals surface area (Å²) in [6.45, 7) is 7.42. The number of hydrogen-bond acceptors (Lipinski definition) is 3. The van der Waals surface area contributed by atoms with Crippen LogP contribution in [0, 0.1) is 17.9 Å². The third kappa shape index (κ3) is 4.63. The second-order valence-corrected chi connectivity index (χ2v) is 11.3. The van der Waals surface area contributed by atoms with Gasteiger partial charge in [-0.05, 0) is 108 Å².